The van der Waals surface area contributed by atoms with Crippen LogP contribution in [0.4, 0.5) is 5.69 Å². The maximum atomic E-state index is 12.9. The maximum Gasteiger partial charge on any atom is 0.266 e. The van der Waals surface area contributed by atoms with Gasteiger partial charge in [0.15, 0.2) is 16.7 Å². The summed E-state index contributed by atoms with van der Waals surface area (Å²) in [5.74, 6) is 1.13. The predicted molar refractivity (Wildman–Crippen MR) is 117 cm³/mol. The van der Waals surface area contributed by atoms with Gasteiger partial charge in [0.05, 0.1) is 24.3 Å². The molecule has 1 aliphatic heterocycles. The van der Waals surface area contributed by atoms with E-state index in [0.717, 1.165) is 23.4 Å². The molecule has 0 atom stereocenters. The highest BCUT2D eigenvalue weighted by atomic mass is 32.2. The van der Waals surface area contributed by atoms with Gasteiger partial charge in [-0.2, -0.15) is 0 Å². The third-order valence-electron chi connectivity index (χ3n) is 4.21. The number of ether oxygens (including phenoxy) is 2. The number of amides is 1. The van der Waals surface area contributed by atoms with Crippen LogP contribution in [0, 0.1) is 0 Å². The zero-order valence-electron chi connectivity index (χ0n) is 16.7. The standard InChI is InChI=1S/C22H24N2O4S/c1-4-12-24-21(26)20(14-15-6-11-19(27-3)18(25)13-15)29-22(24)23-16-7-9-17(10-8-16)28-5-2/h6-11,13-14,25H,4-5,12H2,1-3H3/b20-14+,23-22?. The summed E-state index contributed by atoms with van der Waals surface area (Å²) in [4.78, 5) is 19.8. The molecule has 2 aromatic carbocycles. The Bertz CT molecular complexity index is 938. The van der Waals surface area contributed by atoms with Crippen molar-refractivity contribution in [2.24, 2.45) is 4.99 Å². The molecule has 0 unspecified atom stereocenters. The van der Waals surface area contributed by atoms with E-state index in [1.165, 1.54) is 18.9 Å². The number of hydrogen-bond acceptors (Lipinski definition) is 6. The Hall–Kier alpha value is -2.93. The molecule has 152 valence electrons. The summed E-state index contributed by atoms with van der Waals surface area (Å²) in [6.45, 7) is 5.16. The molecule has 1 saturated heterocycles. The molecule has 0 radical (unpaired) electrons. The van der Waals surface area contributed by atoms with Gasteiger partial charge in [-0.3, -0.25) is 9.69 Å². The first kappa shape index (κ1) is 20.8. The first-order valence-corrected chi connectivity index (χ1v) is 10.3. The number of nitrogens with zero attached hydrogens (tertiary/aromatic N) is 2. The predicted octanol–water partition coefficient (Wildman–Crippen LogP) is 4.81. The van der Waals surface area contributed by atoms with Gasteiger partial charge in [-0.15, -0.1) is 0 Å². The molecule has 1 amide bonds. The van der Waals surface area contributed by atoms with Crippen LogP contribution in [-0.4, -0.2) is 41.3 Å². The highest BCUT2D eigenvalue weighted by Crippen LogP contribution is 2.35. The number of benzene rings is 2. The second kappa shape index (κ2) is 9.52. The minimum absolute atomic E-state index is 0.0333. The van der Waals surface area contributed by atoms with Crippen LogP contribution in [0.1, 0.15) is 25.8 Å². The van der Waals surface area contributed by atoms with Crippen LogP contribution in [0.2, 0.25) is 0 Å². The Morgan fingerprint density at radius 2 is 1.93 bits per heavy atom. The zero-order valence-corrected chi connectivity index (χ0v) is 17.5. The summed E-state index contributed by atoms with van der Waals surface area (Å²) in [6, 6.07) is 12.5. The normalized spacial score (nSPS) is 16.7. The third-order valence-corrected chi connectivity index (χ3v) is 5.22. The number of aliphatic imine (C=N–C) groups is 1. The van der Waals surface area contributed by atoms with Crippen molar-refractivity contribution in [3.63, 3.8) is 0 Å². The molecule has 0 saturated carbocycles. The Balaban J connectivity index is 1.88. The smallest absolute Gasteiger partial charge is 0.266 e. The fourth-order valence-corrected chi connectivity index (χ4v) is 3.88. The number of amidine groups is 1. The van der Waals surface area contributed by atoms with Crippen LogP contribution >= 0.6 is 11.8 Å². The van der Waals surface area contributed by atoms with Gasteiger partial charge in [0, 0.05) is 6.54 Å². The lowest BCUT2D eigenvalue weighted by molar-refractivity contribution is -0.122. The van der Waals surface area contributed by atoms with Gasteiger partial charge in [-0.05, 0) is 73.1 Å². The lowest BCUT2D eigenvalue weighted by Crippen LogP contribution is -2.29. The number of carbonyl (C=O) groups is 1. The van der Waals surface area contributed by atoms with Gasteiger partial charge in [-0.25, -0.2) is 4.99 Å². The van der Waals surface area contributed by atoms with Crippen LogP contribution in [0.3, 0.4) is 0 Å². The van der Waals surface area contributed by atoms with E-state index in [-0.39, 0.29) is 11.7 Å². The lowest BCUT2D eigenvalue weighted by atomic mass is 10.2. The molecule has 1 aliphatic rings. The van der Waals surface area contributed by atoms with Crippen LogP contribution in [-0.2, 0) is 4.79 Å². The average molecular weight is 413 g/mol. The van der Waals surface area contributed by atoms with Crippen molar-refractivity contribution in [3.05, 3.63) is 52.9 Å². The molecule has 0 aliphatic carbocycles. The highest BCUT2D eigenvalue weighted by molar-refractivity contribution is 8.18. The van der Waals surface area contributed by atoms with E-state index < -0.39 is 0 Å². The van der Waals surface area contributed by atoms with Crippen LogP contribution < -0.4 is 9.47 Å². The summed E-state index contributed by atoms with van der Waals surface area (Å²) in [5, 5.41) is 10.6. The fraction of sp³-hybridized carbons (Fsp3) is 0.273. The highest BCUT2D eigenvalue weighted by Gasteiger charge is 2.32. The molecule has 1 fully saturated rings. The van der Waals surface area contributed by atoms with Crippen molar-refractivity contribution >= 4 is 34.6 Å². The number of phenolic OH excluding ortho intramolecular Hbond substituents is 1. The van der Waals surface area contributed by atoms with Crippen molar-refractivity contribution in [2.45, 2.75) is 20.3 Å². The summed E-state index contributed by atoms with van der Waals surface area (Å²) in [6.07, 6.45) is 2.58. The van der Waals surface area contributed by atoms with Crippen LogP contribution in [0.25, 0.3) is 6.08 Å². The molecule has 3 rings (SSSR count). The zero-order chi connectivity index (χ0) is 20.8. The fourth-order valence-electron chi connectivity index (χ4n) is 2.85. The van der Waals surface area contributed by atoms with Gasteiger partial charge in [0.25, 0.3) is 5.91 Å². The molecule has 0 aromatic heterocycles. The molecule has 1 heterocycles. The summed E-state index contributed by atoms with van der Waals surface area (Å²) in [5.41, 5.74) is 1.48. The lowest BCUT2D eigenvalue weighted by Gasteiger charge is -2.14. The molecular formula is C22H24N2O4S. The van der Waals surface area contributed by atoms with Crippen LogP contribution in [0.5, 0.6) is 17.2 Å². The number of hydrogen-bond donors (Lipinski definition) is 1. The number of methoxy groups -OCH3 is 1. The largest absolute Gasteiger partial charge is 0.504 e. The number of rotatable bonds is 7. The van der Waals surface area contributed by atoms with Gasteiger partial charge < -0.3 is 14.6 Å². The van der Waals surface area contributed by atoms with E-state index in [0.29, 0.717) is 29.0 Å². The molecular weight excluding hydrogens is 388 g/mol. The Morgan fingerprint density at radius 1 is 1.17 bits per heavy atom. The maximum absolute atomic E-state index is 12.9. The number of aromatic hydroxyl groups is 1. The van der Waals surface area contributed by atoms with E-state index in [1.807, 2.05) is 38.1 Å². The van der Waals surface area contributed by atoms with Crippen molar-refractivity contribution in [3.8, 4) is 17.2 Å². The molecule has 2 aromatic rings. The number of carbonyl (C=O) groups excluding carboxylic acids is 1. The number of thioether (sulfide) groups is 1. The Labute approximate surface area is 174 Å². The van der Waals surface area contributed by atoms with E-state index >= 15 is 0 Å². The molecule has 7 heteroatoms. The Morgan fingerprint density at radius 3 is 2.55 bits per heavy atom. The van der Waals surface area contributed by atoms with Gasteiger partial charge in [0.2, 0.25) is 0 Å². The van der Waals surface area contributed by atoms with Crippen LogP contribution in [0.15, 0.2) is 52.4 Å². The minimum atomic E-state index is -0.0863. The second-order valence-electron chi connectivity index (χ2n) is 6.32. The SMILES string of the molecule is CCCN1C(=O)/C(=C\c2ccc(OC)c(O)c2)SC1=Nc1ccc(OCC)cc1. The van der Waals surface area contributed by atoms with Crippen molar-refractivity contribution < 1.29 is 19.4 Å². The van der Waals surface area contributed by atoms with Crippen molar-refractivity contribution in [1.29, 1.82) is 0 Å². The van der Waals surface area contributed by atoms with Gasteiger partial charge >= 0.3 is 0 Å². The van der Waals surface area contributed by atoms with E-state index in [9.17, 15) is 9.90 Å². The molecule has 1 N–H and O–H groups in total. The minimum Gasteiger partial charge on any atom is -0.504 e. The molecule has 0 spiro atoms. The third kappa shape index (κ3) is 4.92. The van der Waals surface area contributed by atoms with E-state index in [2.05, 4.69) is 4.99 Å². The van der Waals surface area contributed by atoms with Crippen molar-refractivity contribution in [2.75, 3.05) is 20.3 Å². The van der Waals surface area contributed by atoms with Gasteiger partial charge in [0.1, 0.15) is 5.75 Å². The quantitative estimate of drug-likeness (QED) is 0.661. The van der Waals surface area contributed by atoms with Crippen molar-refractivity contribution in [1.82, 2.24) is 4.90 Å². The van der Waals surface area contributed by atoms with E-state index in [4.69, 9.17) is 9.47 Å². The second-order valence-corrected chi connectivity index (χ2v) is 7.33. The summed E-state index contributed by atoms with van der Waals surface area (Å²) < 4.78 is 10.5. The first-order chi connectivity index (χ1) is 14.0. The summed E-state index contributed by atoms with van der Waals surface area (Å²) >= 11 is 1.33. The number of phenols is 1. The first-order valence-electron chi connectivity index (χ1n) is 9.45. The molecule has 6 nitrogen and oxygen atoms in total. The molecule has 29 heavy (non-hydrogen) atoms. The topological polar surface area (TPSA) is 71.4 Å². The molecule has 0 bridgehead atoms. The monoisotopic (exact) mass is 412 g/mol. The Kier molecular flexibility index (Phi) is 6.82. The van der Waals surface area contributed by atoms with E-state index in [1.54, 1.807) is 29.2 Å². The summed E-state index contributed by atoms with van der Waals surface area (Å²) in [7, 11) is 1.50. The average Bonchev–Trinajstić information content (AvgIpc) is 2.99. The van der Waals surface area contributed by atoms with Gasteiger partial charge in [-0.1, -0.05) is 13.0 Å².